The van der Waals surface area contributed by atoms with Gasteiger partial charge in [0, 0.05) is 0 Å². The average molecular weight is 290 g/mol. The van der Waals surface area contributed by atoms with E-state index in [0.29, 0.717) is 5.92 Å². The lowest BCUT2D eigenvalue weighted by Crippen LogP contribution is -2.30. The van der Waals surface area contributed by atoms with Crippen molar-refractivity contribution in [2.75, 3.05) is 0 Å². The van der Waals surface area contributed by atoms with Crippen LogP contribution >= 0.6 is 0 Å². The van der Waals surface area contributed by atoms with E-state index in [0.717, 1.165) is 38.5 Å². The largest absolute Gasteiger partial charge is 0.235 e. The number of hydrogen-bond donors (Lipinski definition) is 0. The minimum Gasteiger partial charge on any atom is -0.211 e. The highest BCUT2D eigenvalue weighted by molar-refractivity contribution is 5.35. The maximum atomic E-state index is 10.7. The van der Waals surface area contributed by atoms with Gasteiger partial charge in [-0.2, -0.15) is 4.99 Å². The summed E-state index contributed by atoms with van der Waals surface area (Å²) < 4.78 is 0. The molecule has 2 unspecified atom stereocenters. The Hall–Kier alpha value is -1.24. The van der Waals surface area contributed by atoms with Crippen LogP contribution < -0.4 is 0 Å². The first-order chi connectivity index (χ1) is 10.3. The van der Waals surface area contributed by atoms with Crippen LogP contribution in [0.3, 0.4) is 0 Å². The maximum absolute atomic E-state index is 10.7. The van der Waals surface area contributed by atoms with Crippen molar-refractivity contribution in [3.63, 3.8) is 0 Å². The van der Waals surface area contributed by atoms with Gasteiger partial charge in [-0.15, -0.1) is 0 Å². The normalized spacial score (nSPS) is 28.2. The van der Waals surface area contributed by atoms with E-state index in [4.69, 9.17) is 0 Å². The van der Waals surface area contributed by atoms with Crippen LogP contribution in [0.1, 0.15) is 77.0 Å². The highest BCUT2D eigenvalue weighted by atomic mass is 16.1. The number of isocyanates is 2. The monoisotopic (exact) mass is 290 g/mol. The Morgan fingerprint density at radius 2 is 1.71 bits per heavy atom. The Bertz CT molecular complexity index is 417. The fourth-order valence-electron chi connectivity index (χ4n) is 4.18. The molecule has 2 aliphatic rings. The van der Waals surface area contributed by atoms with E-state index in [-0.39, 0.29) is 11.6 Å². The van der Waals surface area contributed by atoms with Gasteiger partial charge < -0.3 is 0 Å². The number of aliphatic imine (C=N–C) groups is 2. The summed E-state index contributed by atoms with van der Waals surface area (Å²) in [5.74, 6) is 0.515. The van der Waals surface area contributed by atoms with Gasteiger partial charge in [-0.3, -0.25) is 0 Å². The molecule has 0 amide bonds. The van der Waals surface area contributed by atoms with Gasteiger partial charge in [-0.05, 0) is 44.4 Å². The van der Waals surface area contributed by atoms with E-state index in [1.807, 2.05) is 0 Å². The van der Waals surface area contributed by atoms with E-state index in [9.17, 15) is 9.59 Å². The van der Waals surface area contributed by atoms with E-state index in [2.05, 4.69) is 9.98 Å². The molecule has 0 heterocycles. The molecule has 2 atom stereocenters. The second-order valence-corrected chi connectivity index (χ2v) is 6.71. The Morgan fingerprint density at radius 1 is 0.952 bits per heavy atom. The molecule has 2 rings (SSSR count). The maximum Gasteiger partial charge on any atom is 0.235 e. The molecule has 0 aromatic carbocycles. The molecule has 4 heteroatoms. The van der Waals surface area contributed by atoms with Crippen molar-refractivity contribution in [2.45, 2.75) is 88.6 Å². The summed E-state index contributed by atoms with van der Waals surface area (Å²) in [5.41, 5.74) is -0.141. The van der Waals surface area contributed by atoms with Gasteiger partial charge in [0.05, 0.1) is 11.6 Å². The predicted molar refractivity (Wildman–Crippen MR) is 81.7 cm³/mol. The minimum atomic E-state index is -0.141. The smallest absolute Gasteiger partial charge is 0.211 e. The van der Waals surface area contributed by atoms with Crippen molar-refractivity contribution < 1.29 is 9.59 Å². The first-order valence-electron chi connectivity index (χ1n) is 8.46. The summed E-state index contributed by atoms with van der Waals surface area (Å²) >= 11 is 0. The summed E-state index contributed by atoms with van der Waals surface area (Å²) in [4.78, 5) is 29.4. The number of rotatable bonds is 6. The number of hydrogen-bond acceptors (Lipinski definition) is 4. The van der Waals surface area contributed by atoms with Gasteiger partial charge in [0.1, 0.15) is 0 Å². The Morgan fingerprint density at radius 3 is 2.43 bits per heavy atom. The van der Waals surface area contributed by atoms with Crippen LogP contribution in [0.4, 0.5) is 0 Å². The quantitative estimate of drug-likeness (QED) is 0.546. The molecule has 0 saturated heterocycles. The van der Waals surface area contributed by atoms with Crippen LogP contribution in [0, 0.1) is 5.92 Å². The Kier molecular flexibility index (Phi) is 6.35. The van der Waals surface area contributed by atoms with Gasteiger partial charge in [0.25, 0.3) is 0 Å². The molecular formula is C17H26N2O2. The van der Waals surface area contributed by atoms with Crippen LogP contribution in [-0.2, 0) is 9.59 Å². The van der Waals surface area contributed by atoms with E-state index in [1.165, 1.54) is 38.5 Å². The van der Waals surface area contributed by atoms with Crippen LogP contribution in [0.2, 0.25) is 0 Å². The van der Waals surface area contributed by atoms with Gasteiger partial charge in [0.15, 0.2) is 0 Å². The topological polar surface area (TPSA) is 58.9 Å². The van der Waals surface area contributed by atoms with Crippen LogP contribution in [0.25, 0.3) is 0 Å². The molecular weight excluding hydrogens is 264 g/mol. The lowest BCUT2D eigenvalue weighted by Gasteiger charge is -2.33. The Labute approximate surface area is 127 Å². The lowest BCUT2D eigenvalue weighted by atomic mass is 9.76. The van der Waals surface area contributed by atoms with Gasteiger partial charge in [0.2, 0.25) is 12.2 Å². The number of nitrogens with zero attached hydrogens (tertiary/aromatic N) is 2. The van der Waals surface area contributed by atoms with Crippen LogP contribution in [0.15, 0.2) is 9.98 Å². The summed E-state index contributed by atoms with van der Waals surface area (Å²) in [7, 11) is 0. The lowest BCUT2D eigenvalue weighted by molar-refractivity contribution is 0.243. The minimum absolute atomic E-state index is 0.141. The predicted octanol–water partition coefficient (Wildman–Crippen LogP) is 4.09. The number of carbonyl (C=O) groups excluding carboxylic acids is 2. The highest BCUT2D eigenvalue weighted by Crippen LogP contribution is 2.37. The zero-order valence-electron chi connectivity index (χ0n) is 12.9. The van der Waals surface area contributed by atoms with Gasteiger partial charge >= 0.3 is 0 Å². The van der Waals surface area contributed by atoms with Crippen molar-refractivity contribution in [3.8, 4) is 0 Å². The van der Waals surface area contributed by atoms with Crippen molar-refractivity contribution >= 4 is 12.2 Å². The molecule has 0 N–H and O–H groups in total. The summed E-state index contributed by atoms with van der Waals surface area (Å²) in [6.07, 6.45) is 17.0. The second kappa shape index (κ2) is 8.26. The average Bonchev–Trinajstić information content (AvgIpc) is 2.50. The molecule has 4 nitrogen and oxygen atoms in total. The first kappa shape index (κ1) is 16.1. The molecule has 2 saturated carbocycles. The molecule has 21 heavy (non-hydrogen) atoms. The molecule has 0 spiro atoms. The van der Waals surface area contributed by atoms with E-state index < -0.39 is 0 Å². The molecule has 2 aliphatic carbocycles. The third kappa shape index (κ3) is 4.62. The second-order valence-electron chi connectivity index (χ2n) is 6.71. The van der Waals surface area contributed by atoms with E-state index in [1.54, 1.807) is 12.2 Å². The van der Waals surface area contributed by atoms with Crippen LogP contribution in [-0.4, -0.2) is 23.7 Å². The summed E-state index contributed by atoms with van der Waals surface area (Å²) in [6.45, 7) is 0. The van der Waals surface area contributed by atoms with Crippen LogP contribution in [0.5, 0.6) is 0 Å². The van der Waals surface area contributed by atoms with E-state index >= 15 is 0 Å². The molecule has 0 aromatic heterocycles. The molecule has 116 valence electrons. The standard InChI is InChI=1S/C17H26N2O2/c20-13-18-16-9-3-2-7-15(16)8-6-12-17(19-14-21)10-4-1-5-11-17/h15-16H,1-12H2. The molecule has 0 aliphatic heterocycles. The van der Waals surface area contributed by atoms with Crippen molar-refractivity contribution in [2.24, 2.45) is 15.9 Å². The molecule has 0 radical (unpaired) electrons. The highest BCUT2D eigenvalue weighted by Gasteiger charge is 2.32. The zero-order valence-corrected chi connectivity index (χ0v) is 12.9. The van der Waals surface area contributed by atoms with Gasteiger partial charge in [-0.25, -0.2) is 14.6 Å². The van der Waals surface area contributed by atoms with Crippen molar-refractivity contribution in [3.05, 3.63) is 0 Å². The summed E-state index contributed by atoms with van der Waals surface area (Å²) in [5, 5.41) is 0. The molecule has 0 bridgehead atoms. The first-order valence-corrected chi connectivity index (χ1v) is 8.46. The van der Waals surface area contributed by atoms with Gasteiger partial charge in [-0.1, -0.05) is 38.5 Å². The van der Waals surface area contributed by atoms with Crippen molar-refractivity contribution in [1.29, 1.82) is 0 Å². The fraction of sp³-hybridized carbons (Fsp3) is 0.882. The zero-order chi connectivity index (χ0) is 15.0. The molecule has 0 aromatic rings. The third-order valence-electron chi connectivity index (χ3n) is 5.37. The van der Waals surface area contributed by atoms with Crippen molar-refractivity contribution in [1.82, 2.24) is 0 Å². The third-order valence-corrected chi connectivity index (χ3v) is 5.37. The Balaban J connectivity index is 1.86. The molecule has 2 fully saturated rings. The fourth-order valence-corrected chi connectivity index (χ4v) is 4.18. The SMILES string of the molecule is O=C=NC1CCCCC1CCCC1(N=C=O)CCCCC1. The summed E-state index contributed by atoms with van der Waals surface area (Å²) in [6, 6.07) is 0.174.